The number of amides is 1. The quantitative estimate of drug-likeness (QED) is 0.450. The number of benzene rings is 2. The molecule has 6 heteroatoms. The average molecular weight is 353 g/mol. The van der Waals surface area contributed by atoms with E-state index >= 15 is 0 Å². The number of hydrogen-bond acceptors (Lipinski definition) is 4. The molecule has 0 radical (unpaired) electrons. The number of amidine groups is 1. The fraction of sp³-hybridized carbons (Fsp3) is 0.300. The van der Waals surface area contributed by atoms with Crippen molar-refractivity contribution >= 4 is 11.7 Å². The van der Waals surface area contributed by atoms with Gasteiger partial charge >= 0.3 is 0 Å². The van der Waals surface area contributed by atoms with Gasteiger partial charge in [0.25, 0.3) is 0 Å². The third-order valence-electron chi connectivity index (χ3n) is 4.60. The smallest absolute Gasteiger partial charge is 0.223 e. The molecule has 0 aliphatic carbocycles. The SMILES string of the molecule is N=C(N)c1ccc(-c2ccc(OC[C@@H]3C[C@@H](CCO)C(=O)N3)cc2)cc1. The second kappa shape index (κ2) is 8.01. The van der Waals surface area contributed by atoms with Crippen LogP contribution in [0.15, 0.2) is 48.5 Å². The normalized spacial score (nSPS) is 19.2. The lowest BCUT2D eigenvalue weighted by Crippen LogP contribution is -2.31. The van der Waals surface area contributed by atoms with E-state index in [1.807, 2.05) is 48.5 Å². The highest BCUT2D eigenvalue weighted by Crippen LogP contribution is 2.24. The van der Waals surface area contributed by atoms with Crippen LogP contribution >= 0.6 is 0 Å². The standard InChI is InChI=1S/C20H23N3O3/c21-19(22)15-3-1-13(2-4-15)14-5-7-18(8-6-14)26-12-17-11-16(9-10-24)20(25)23-17/h1-8,16-17,24H,9-12H2,(H3,21,22)(H,23,25)/t16-,17+/m1/s1. The number of nitrogen functional groups attached to an aromatic ring is 1. The third kappa shape index (κ3) is 4.21. The Morgan fingerprint density at radius 1 is 1.15 bits per heavy atom. The molecule has 1 aliphatic heterocycles. The molecule has 0 unspecified atom stereocenters. The van der Waals surface area contributed by atoms with E-state index in [9.17, 15) is 4.79 Å². The van der Waals surface area contributed by atoms with Crippen molar-refractivity contribution in [3.63, 3.8) is 0 Å². The molecule has 0 saturated carbocycles. The molecule has 1 heterocycles. The number of ether oxygens (including phenoxy) is 1. The molecule has 1 fully saturated rings. The molecule has 0 aromatic heterocycles. The first-order valence-electron chi connectivity index (χ1n) is 8.65. The van der Waals surface area contributed by atoms with Crippen LogP contribution in [0.2, 0.25) is 0 Å². The minimum atomic E-state index is -0.117. The number of rotatable bonds is 7. The van der Waals surface area contributed by atoms with Crippen LogP contribution < -0.4 is 15.8 Å². The van der Waals surface area contributed by atoms with Gasteiger partial charge in [-0.05, 0) is 36.1 Å². The van der Waals surface area contributed by atoms with Crippen molar-refractivity contribution in [2.75, 3.05) is 13.2 Å². The number of hydrogen-bond donors (Lipinski definition) is 4. The Morgan fingerprint density at radius 2 is 1.77 bits per heavy atom. The fourth-order valence-corrected chi connectivity index (χ4v) is 3.13. The average Bonchev–Trinajstić information content (AvgIpc) is 3.00. The van der Waals surface area contributed by atoms with Crippen molar-refractivity contribution < 1.29 is 14.6 Å². The van der Waals surface area contributed by atoms with Crippen LogP contribution in [0, 0.1) is 11.3 Å². The molecule has 1 saturated heterocycles. The Labute approximate surface area is 152 Å². The first kappa shape index (κ1) is 17.9. The predicted molar refractivity (Wildman–Crippen MR) is 100 cm³/mol. The van der Waals surface area contributed by atoms with Gasteiger partial charge in [-0.15, -0.1) is 0 Å². The van der Waals surface area contributed by atoms with Crippen molar-refractivity contribution in [3.8, 4) is 16.9 Å². The van der Waals surface area contributed by atoms with Crippen LogP contribution in [0.5, 0.6) is 5.75 Å². The van der Waals surface area contributed by atoms with Gasteiger partial charge in [-0.2, -0.15) is 0 Å². The molecule has 2 aromatic carbocycles. The maximum atomic E-state index is 11.8. The van der Waals surface area contributed by atoms with Crippen molar-refractivity contribution in [2.24, 2.45) is 11.7 Å². The summed E-state index contributed by atoms with van der Waals surface area (Å²) in [5.41, 5.74) is 8.25. The fourth-order valence-electron chi connectivity index (χ4n) is 3.13. The van der Waals surface area contributed by atoms with Gasteiger partial charge in [-0.3, -0.25) is 10.2 Å². The second-order valence-electron chi connectivity index (χ2n) is 6.48. The molecular formula is C20H23N3O3. The van der Waals surface area contributed by atoms with Gasteiger partial charge in [0.05, 0.1) is 6.04 Å². The minimum Gasteiger partial charge on any atom is -0.491 e. The molecule has 136 valence electrons. The highest BCUT2D eigenvalue weighted by molar-refractivity contribution is 5.95. The topological polar surface area (TPSA) is 108 Å². The van der Waals surface area contributed by atoms with E-state index in [-0.39, 0.29) is 30.3 Å². The van der Waals surface area contributed by atoms with Gasteiger partial charge in [-0.25, -0.2) is 0 Å². The van der Waals surface area contributed by atoms with Crippen LogP contribution in [-0.2, 0) is 4.79 Å². The van der Waals surface area contributed by atoms with Gasteiger partial charge < -0.3 is 20.9 Å². The lowest BCUT2D eigenvalue weighted by atomic mass is 10.0. The van der Waals surface area contributed by atoms with Crippen LogP contribution in [0.25, 0.3) is 11.1 Å². The lowest BCUT2D eigenvalue weighted by molar-refractivity contribution is -0.123. The van der Waals surface area contributed by atoms with E-state index in [0.29, 0.717) is 25.0 Å². The minimum absolute atomic E-state index is 0.00277. The summed E-state index contributed by atoms with van der Waals surface area (Å²) in [7, 11) is 0. The first-order chi connectivity index (χ1) is 12.6. The van der Waals surface area contributed by atoms with Crippen LogP contribution in [0.4, 0.5) is 0 Å². The van der Waals surface area contributed by atoms with E-state index in [4.69, 9.17) is 21.0 Å². The number of carbonyl (C=O) groups is 1. The maximum absolute atomic E-state index is 11.8. The number of carbonyl (C=O) groups excluding carboxylic acids is 1. The van der Waals surface area contributed by atoms with Gasteiger partial charge in [0, 0.05) is 18.1 Å². The monoisotopic (exact) mass is 353 g/mol. The van der Waals surface area contributed by atoms with E-state index < -0.39 is 0 Å². The Hall–Kier alpha value is -2.86. The number of nitrogens with two attached hydrogens (primary N) is 1. The summed E-state index contributed by atoms with van der Waals surface area (Å²) < 4.78 is 5.78. The zero-order chi connectivity index (χ0) is 18.5. The second-order valence-corrected chi connectivity index (χ2v) is 6.48. The highest BCUT2D eigenvalue weighted by atomic mass is 16.5. The van der Waals surface area contributed by atoms with Crippen molar-refractivity contribution in [2.45, 2.75) is 18.9 Å². The van der Waals surface area contributed by atoms with E-state index in [2.05, 4.69) is 5.32 Å². The van der Waals surface area contributed by atoms with Gasteiger partial charge in [-0.1, -0.05) is 36.4 Å². The van der Waals surface area contributed by atoms with Gasteiger partial charge in [0.15, 0.2) is 0 Å². The molecule has 2 aromatic rings. The van der Waals surface area contributed by atoms with Crippen molar-refractivity contribution in [1.82, 2.24) is 5.32 Å². The molecule has 26 heavy (non-hydrogen) atoms. The van der Waals surface area contributed by atoms with Crippen LogP contribution in [0.1, 0.15) is 18.4 Å². The van der Waals surface area contributed by atoms with Crippen molar-refractivity contribution in [3.05, 3.63) is 54.1 Å². The highest BCUT2D eigenvalue weighted by Gasteiger charge is 2.31. The first-order valence-corrected chi connectivity index (χ1v) is 8.65. The summed E-state index contributed by atoms with van der Waals surface area (Å²) in [4.78, 5) is 11.8. The Balaban J connectivity index is 1.56. The van der Waals surface area contributed by atoms with Crippen molar-refractivity contribution in [1.29, 1.82) is 5.41 Å². The summed E-state index contributed by atoms with van der Waals surface area (Å²) in [5, 5.41) is 19.3. The van der Waals surface area contributed by atoms with Gasteiger partial charge in [0.2, 0.25) is 5.91 Å². The zero-order valence-corrected chi connectivity index (χ0v) is 14.4. The molecule has 1 aliphatic rings. The van der Waals surface area contributed by atoms with E-state index in [1.165, 1.54) is 0 Å². The molecule has 0 bridgehead atoms. The molecule has 2 atom stereocenters. The summed E-state index contributed by atoms with van der Waals surface area (Å²) in [6.45, 7) is 0.445. The molecule has 5 N–H and O–H groups in total. The van der Waals surface area contributed by atoms with E-state index in [0.717, 1.165) is 16.9 Å². The van der Waals surface area contributed by atoms with Crippen LogP contribution in [-0.4, -0.2) is 36.1 Å². The predicted octanol–water partition coefficient (Wildman–Crippen LogP) is 1.90. The Kier molecular flexibility index (Phi) is 5.53. The summed E-state index contributed by atoms with van der Waals surface area (Å²) in [6.07, 6.45) is 1.19. The maximum Gasteiger partial charge on any atom is 0.223 e. The molecular weight excluding hydrogens is 330 g/mol. The Bertz CT molecular complexity index is 772. The number of nitrogens with one attached hydrogen (secondary N) is 2. The number of aliphatic hydroxyl groups excluding tert-OH is 1. The molecule has 6 nitrogen and oxygen atoms in total. The summed E-state index contributed by atoms with van der Waals surface area (Å²) >= 11 is 0. The number of aliphatic hydroxyl groups is 1. The molecule has 1 amide bonds. The third-order valence-corrected chi connectivity index (χ3v) is 4.60. The summed E-state index contributed by atoms with van der Waals surface area (Å²) in [6, 6.07) is 15.2. The molecule has 3 rings (SSSR count). The zero-order valence-electron chi connectivity index (χ0n) is 14.4. The largest absolute Gasteiger partial charge is 0.491 e. The lowest BCUT2D eigenvalue weighted by Gasteiger charge is -2.12. The van der Waals surface area contributed by atoms with E-state index in [1.54, 1.807) is 0 Å². The molecule has 0 spiro atoms. The summed E-state index contributed by atoms with van der Waals surface area (Å²) in [5.74, 6) is 0.681. The Morgan fingerprint density at radius 3 is 2.35 bits per heavy atom. The van der Waals surface area contributed by atoms with Gasteiger partial charge in [0.1, 0.15) is 18.2 Å². The van der Waals surface area contributed by atoms with Crippen LogP contribution in [0.3, 0.4) is 0 Å².